The van der Waals surface area contributed by atoms with Gasteiger partial charge in [-0.15, -0.1) is 0 Å². The van der Waals surface area contributed by atoms with Crippen molar-refractivity contribution in [2.24, 2.45) is 0 Å². The van der Waals surface area contributed by atoms with Crippen LogP contribution in [-0.4, -0.2) is 37.4 Å². The molecule has 0 atom stereocenters. The minimum Gasteiger partial charge on any atom is -0.478 e. The Labute approximate surface area is 271 Å². The molecule has 0 spiro atoms. The van der Waals surface area contributed by atoms with Crippen LogP contribution in [0.3, 0.4) is 0 Å². The Bertz CT molecular complexity index is 1900. The van der Waals surface area contributed by atoms with Crippen LogP contribution in [-0.2, 0) is 30.4 Å². The number of aryl methyl sites for hydroxylation is 2. The number of fused-ring (bicyclic) bond motifs is 4. The molecule has 3 aliphatic heterocycles. The van der Waals surface area contributed by atoms with Crippen molar-refractivity contribution in [3.63, 3.8) is 0 Å². The maximum atomic E-state index is 13.1. The molecule has 3 aromatic rings. The van der Waals surface area contributed by atoms with E-state index in [4.69, 9.17) is 9.47 Å². The molecule has 0 fully saturated rings. The van der Waals surface area contributed by atoms with Gasteiger partial charge < -0.3 is 24.8 Å². The molecule has 46 heavy (non-hydrogen) atoms. The molecule has 2 aliphatic carbocycles. The average molecular weight is 617 g/mol. The van der Waals surface area contributed by atoms with Gasteiger partial charge in [-0.25, -0.2) is 4.79 Å². The number of allylic oxidation sites excluding steroid dienone is 1. The van der Waals surface area contributed by atoms with Crippen molar-refractivity contribution in [1.82, 2.24) is 0 Å². The summed E-state index contributed by atoms with van der Waals surface area (Å²) < 4.78 is 12.6. The van der Waals surface area contributed by atoms with E-state index in [1.807, 2.05) is 19.1 Å². The fourth-order valence-corrected chi connectivity index (χ4v) is 8.79. The van der Waals surface area contributed by atoms with Crippen molar-refractivity contribution in [2.45, 2.75) is 84.0 Å². The lowest BCUT2D eigenvalue weighted by atomic mass is 9.79. The molecule has 238 valence electrons. The third kappa shape index (κ3) is 4.93. The molecule has 0 saturated carbocycles. The van der Waals surface area contributed by atoms with Gasteiger partial charge in [-0.2, -0.15) is 0 Å². The fourth-order valence-electron chi connectivity index (χ4n) is 8.79. The summed E-state index contributed by atoms with van der Waals surface area (Å²) in [5.74, 6) is 0.988. The maximum Gasteiger partial charge on any atom is 0.336 e. The number of hydrogen-bond donors (Lipinski definition) is 2. The Morgan fingerprint density at radius 2 is 1.72 bits per heavy atom. The molecule has 5 aliphatic rings. The Morgan fingerprint density at radius 3 is 2.54 bits per heavy atom. The lowest BCUT2D eigenvalue weighted by Gasteiger charge is -2.39. The Hall–Kier alpha value is -4.03. The third-order valence-corrected chi connectivity index (χ3v) is 10.7. The standard InChI is InChI=1S/C40H44N2O4/c1-3-45-20-8-9-24(2)41-28-16-17-29(32(23-28)40(43)44)36-33-21-26-12-4-10-25-11-5-14-30(35(25)26)38(33)46-39-31-15-7-19-42-18-6-13-27(37(31)42)22-34(36)39/h16-17,21-23,41H,2-15,18-20H2,1H3,(H,43,44). The zero-order chi connectivity index (χ0) is 31.4. The largest absolute Gasteiger partial charge is 0.478 e. The van der Waals surface area contributed by atoms with Gasteiger partial charge >= 0.3 is 5.97 Å². The van der Waals surface area contributed by atoms with Gasteiger partial charge in [0.05, 0.1) is 5.56 Å². The highest BCUT2D eigenvalue weighted by Crippen LogP contribution is 2.49. The molecular weight excluding hydrogens is 572 g/mol. The normalized spacial score (nSPS) is 17.4. The third-order valence-electron chi connectivity index (χ3n) is 10.7. The zero-order valence-corrected chi connectivity index (χ0v) is 27.0. The van der Waals surface area contributed by atoms with Crippen LogP contribution in [0.4, 0.5) is 11.4 Å². The Morgan fingerprint density at radius 1 is 0.935 bits per heavy atom. The SMILES string of the molecule is C=C(CCCOCC)Nc1ccc(C2=c3cc4c5c(c3Oc3c2cc2c6c3CCCN6CCC2)CCCC=5CCC4)c(C(=O)O)c1. The van der Waals surface area contributed by atoms with Gasteiger partial charge in [0, 0.05) is 70.9 Å². The van der Waals surface area contributed by atoms with E-state index in [9.17, 15) is 9.90 Å². The van der Waals surface area contributed by atoms with Crippen LogP contribution in [0.25, 0.3) is 11.1 Å². The topological polar surface area (TPSA) is 71.0 Å². The monoisotopic (exact) mass is 616 g/mol. The smallest absolute Gasteiger partial charge is 0.336 e. The highest BCUT2D eigenvalue weighted by Gasteiger charge is 2.35. The number of hydrogen-bond acceptors (Lipinski definition) is 5. The van der Waals surface area contributed by atoms with Crippen LogP contribution in [0.15, 0.2) is 42.6 Å². The van der Waals surface area contributed by atoms with Crippen LogP contribution in [0.5, 0.6) is 11.5 Å². The first-order chi connectivity index (χ1) is 22.5. The number of ether oxygens (including phenoxy) is 2. The number of carboxylic acid groups (broad SMARTS) is 1. The predicted molar refractivity (Wildman–Crippen MR) is 184 cm³/mol. The van der Waals surface area contributed by atoms with Crippen molar-refractivity contribution in [3.8, 4) is 11.5 Å². The molecular formula is C40H44N2O4. The number of rotatable bonds is 9. The van der Waals surface area contributed by atoms with Gasteiger partial charge in [-0.3, -0.25) is 0 Å². The number of aromatic carboxylic acids is 1. The Balaban J connectivity index is 1.35. The predicted octanol–water partition coefficient (Wildman–Crippen LogP) is 7.00. The first-order valence-corrected chi connectivity index (χ1v) is 17.4. The van der Waals surface area contributed by atoms with E-state index in [-0.39, 0.29) is 0 Å². The molecule has 6 nitrogen and oxygen atoms in total. The van der Waals surface area contributed by atoms with Gasteiger partial charge in [0.15, 0.2) is 0 Å². The van der Waals surface area contributed by atoms with Crippen molar-refractivity contribution >= 4 is 28.5 Å². The van der Waals surface area contributed by atoms with Gasteiger partial charge in [0.2, 0.25) is 0 Å². The highest BCUT2D eigenvalue weighted by atomic mass is 16.5. The summed E-state index contributed by atoms with van der Waals surface area (Å²) in [6.07, 6.45) is 12.6. The molecule has 0 bridgehead atoms. The first-order valence-electron chi connectivity index (χ1n) is 17.4. The fraction of sp³-hybridized carbons (Fsp3) is 0.425. The molecule has 0 amide bonds. The lowest BCUT2D eigenvalue weighted by Crippen LogP contribution is -2.36. The molecule has 3 heterocycles. The summed E-state index contributed by atoms with van der Waals surface area (Å²) in [6, 6.07) is 10.5. The number of anilines is 2. The van der Waals surface area contributed by atoms with E-state index < -0.39 is 5.97 Å². The first kappa shape index (κ1) is 29.4. The number of carbonyl (C=O) groups is 1. The minimum atomic E-state index is -0.928. The van der Waals surface area contributed by atoms with Crippen LogP contribution in [0.1, 0.15) is 102 Å². The number of benzene rings is 3. The van der Waals surface area contributed by atoms with Crippen LogP contribution in [0, 0.1) is 0 Å². The molecule has 2 N–H and O–H groups in total. The van der Waals surface area contributed by atoms with Gasteiger partial charge in [-0.05, 0) is 130 Å². The van der Waals surface area contributed by atoms with E-state index in [2.05, 4.69) is 28.9 Å². The maximum absolute atomic E-state index is 13.1. The van der Waals surface area contributed by atoms with Gasteiger partial charge in [-0.1, -0.05) is 18.2 Å². The van der Waals surface area contributed by atoms with E-state index in [0.29, 0.717) is 18.8 Å². The van der Waals surface area contributed by atoms with Gasteiger partial charge in [0.25, 0.3) is 0 Å². The summed E-state index contributed by atoms with van der Waals surface area (Å²) in [4.78, 5) is 15.6. The second-order valence-electron chi connectivity index (χ2n) is 13.6. The molecule has 0 radical (unpaired) electrons. The average Bonchev–Trinajstić information content (AvgIpc) is 3.07. The molecule has 6 heteroatoms. The van der Waals surface area contributed by atoms with Crippen molar-refractivity contribution in [2.75, 3.05) is 36.5 Å². The summed E-state index contributed by atoms with van der Waals surface area (Å²) in [5, 5.41) is 16.6. The number of carboxylic acids is 1. The second kappa shape index (κ2) is 12.0. The van der Waals surface area contributed by atoms with Crippen LogP contribution < -0.4 is 25.4 Å². The summed E-state index contributed by atoms with van der Waals surface area (Å²) in [6.45, 7) is 9.76. The van der Waals surface area contributed by atoms with Crippen molar-refractivity contribution in [1.29, 1.82) is 0 Å². The van der Waals surface area contributed by atoms with Crippen LogP contribution in [0.2, 0.25) is 0 Å². The zero-order valence-electron chi connectivity index (χ0n) is 27.0. The van der Waals surface area contributed by atoms with Crippen molar-refractivity contribution < 1.29 is 19.4 Å². The molecule has 8 rings (SSSR count). The molecule has 0 unspecified atom stereocenters. The van der Waals surface area contributed by atoms with Gasteiger partial charge in [0.1, 0.15) is 11.5 Å². The van der Waals surface area contributed by atoms with E-state index in [0.717, 1.165) is 116 Å². The molecule has 0 saturated heterocycles. The van der Waals surface area contributed by atoms with Crippen LogP contribution >= 0.6 is 0 Å². The highest BCUT2D eigenvalue weighted by molar-refractivity contribution is 6.00. The minimum absolute atomic E-state index is 0.299. The number of nitrogens with one attached hydrogen (secondary N) is 1. The summed E-state index contributed by atoms with van der Waals surface area (Å²) in [7, 11) is 0. The van der Waals surface area contributed by atoms with E-state index in [1.165, 1.54) is 52.4 Å². The van der Waals surface area contributed by atoms with Crippen molar-refractivity contribution in [3.05, 3.63) is 92.0 Å². The van der Waals surface area contributed by atoms with E-state index >= 15 is 0 Å². The number of nitrogens with zero attached hydrogens (tertiary/aromatic N) is 1. The van der Waals surface area contributed by atoms with E-state index in [1.54, 1.807) is 11.6 Å². The Kier molecular flexibility index (Phi) is 7.64. The summed E-state index contributed by atoms with van der Waals surface area (Å²) in [5.41, 5.74) is 13.1. The quantitative estimate of drug-likeness (QED) is 0.197. The lowest BCUT2D eigenvalue weighted by molar-refractivity contribution is 0.0696. The molecule has 3 aromatic carbocycles. The second-order valence-corrected chi connectivity index (χ2v) is 13.6. The molecule has 0 aromatic heterocycles. The summed E-state index contributed by atoms with van der Waals surface area (Å²) >= 11 is 0.